The van der Waals surface area contributed by atoms with Gasteiger partial charge in [0.15, 0.2) is 0 Å². The summed E-state index contributed by atoms with van der Waals surface area (Å²) < 4.78 is 19.1. The van der Waals surface area contributed by atoms with Crippen LogP contribution in [-0.2, 0) is 9.59 Å². The number of halogens is 1. The maximum atomic E-state index is 13.4. The molecule has 7 heteroatoms. The van der Waals surface area contributed by atoms with Crippen molar-refractivity contribution in [2.75, 3.05) is 32.8 Å². The quantitative estimate of drug-likeness (QED) is 0.337. The van der Waals surface area contributed by atoms with Crippen LogP contribution < -0.4 is 14.7 Å². The van der Waals surface area contributed by atoms with Crippen LogP contribution >= 0.6 is 0 Å². The highest BCUT2D eigenvalue weighted by Gasteiger charge is 2.44. The standard InChI is InChI=1S/C26H31FN2O4/c1-4-16-33-21-9-7-8-19(17-21)23-22(24(30)18-10-12-20(27)13-11-18)25(31)26(32)29(23)15-14-28(5-2)6-3/h7-13,17,23,30H,4-6,14-16H2,1-3H3/b24-22+. The fraction of sp³-hybridized carbons (Fsp3) is 0.385. The summed E-state index contributed by atoms with van der Waals surface area (Å²) in [7, 11) is 0. The van der Waals surface area contributed by atoms with Crippen LogP contribution in [-0.4, -0.2) is 49.4 Å². The van der Waals surface area contributed by atoms with Gasteiger partial charge in [0, 0.05) is 5.57 Å². The predicted molar refractivity (Wildman–Crippen MR) is 122 cm³/mol. The smallest absolute Gasteiger partial charge is 0.295 e. The Hall–Kier alpha value is -3.19. The van der Waals surface area contributed by atoms with Gasteiger partial charge in [-0.15, -0.1) is 0 Å². The molecule has 0 radical (unpaired) electrons. The molecule has 2 aromatic rings. The van der Waals surface area contributed by atoms with E-state index in [1.54, 1.807) is 18.2 Å². The van der Waals surface area contributed by atoms with E-state index >= 15 is 0 Å². The first-order valence-corrected chi connectivity index (χ1v) is 11.5. The molecule has 176 valence electrons. The topological polar surface area (TPSA) is 74.1 Å². The second-order valence-electron chi connectivity index (χ2n) is 8.11. The number of quaternary nitrogens is 1. The van der Waals surface area contributed by atoms with E-state index in [1.165, 1.54) is 34.1 Å². The molecule has 0 saturated carbocycles. The Labute approximate surface area is 194 Å². The average Bonchev–Trinajstić information content (AvgIpc) is 3.08. The predicted octanol–water partition coefficient (Wildman–Crippen LogP) is 1.76. The minimum atomic E-state index is -0.817. The Morgan fingerprint density at radius 2 is 1.79 bits per heavy atom. The minimum Gasteiger partial charge on any atom is -0.872 e. The molecular formula is C26H31FN2O4. The summed E-state index contributed by atoms with van der Waals surface area (Å²) in [6, 6.07) is 11.4. The van der Waals surface area contributed by atoms with Gasteiger partial charge in [0.25, 0.3) is 5.91 Å². The zero-order valence-corrected chi connectivity index (χ0v) is 19.4. The van der Waals surface area contributed by atoms with E-state index < -0.39 is 29.3 Å². The van der Waals surface area contributed by atoms with Gasteiger partial charge >= 0.3 is 0 Å². The fourth-order valence-electron chi connectivity index (χ4n) is 4.08. The van der Waals surface area contributed by atoms with Gasteiger partial charge in [-0.05, 0) is 55.7 Å². The number of likely N-dealkylation sites (N-methyl/N-ethyl adjacent to an activating group) is 1. The normalized spacial score (nSPS) is 17.7. The highest BCUT2D eigenvalue weighted by molar-refractivity contribution is 6.46. The van der Waals surface area contributed by atoms with Gasteiger partial charge in [0.2, 0.25) is 5.78 Å². The second kappa shape index (κ2) is 11.1. The van der Waals surface area contributed by atoms with Crippen LogP contribution in [0, 0.1) is 5.82 Å². The molecule has 0 spiro atoms. The minimum absolute atomic E-state index is 0.103. The number of carbonyl (C=O) groups excluding carboxylic acids is 2. The third-order valence-electron chi connectivity index (χ3n) is 5.99. The van der Waals surface area contributed by atoms with E-state index in [-0.39, 0.29) is 11.1 Å². The molecule has 1 amide bonds. The summed E-state index contributed by atoms with van der Waals surface area (Å²) in [5, 5.41) is 13.4. The van der Waals surface area contributed by atoms with Crippen molar-refractivity contribution in [3.05, 3.63) is 71.0 Å². The second-order valence-corrected chi connectivity index (χ2v) is 8.11. The van der Waals surface area contributed by atoms with Gasteiger partial charge in [-0.3, -0.25) is 9.59 Å². The number of carbonyl (C=O) groups is 2. The maximum Gasteiger partial charge on any atom is 0.295 e. The molecule has 1 heterocycles. The zero-order valence-electron chi connectivity index (χ0n) is 19.4. The molecule has 1 atom stereocenters. The van der Waals surface area contributed by atoms with Crippen LogP contribution in [0.15, 0.2) is 54.1 Å². The monoisotopic (exact) mass is 454 g/mol. The van der Waals surface area contributed by atoms with Gasteiger partial charge in [0.05, 0.1) is 38.8 Å². The number of rotatable bonds is 10. The van der Waals surface area contributed by atoms with Crippen LogP contribution in [0.2, 0.25) is 0 Å². The highest BCUT2D eigenvalue weighted by Crippen LogP contribution is 2.39. The van der Waals surface area contributed by atoms with Gasteiger partial charge < -0.3 is 19.6 Å². The number of ketones is 1. The van der Waals surface area contributed by atoms with E-state index in [0.717, 1.165) is 19.5 Å². The lowest BCUT2D eigenvalue weighted by Gasteiger charge is -2.28. The van der Waals surface area contributed by atoms with Crippen LogP contribution in [0.4, 0.5) is 4.39 Å². The van der Waals surface area contributed by atoms with Crippen LogP contribution in [0.3, 0.4) is 0 Å². The van der Waals surface area contributed by atoms with Gasteiger partial charge in [0.1, 0.15) is 11.6 Å². The van der Waals surface area contributed by atoms with Crippen molar-refractivity contribution < 1.29 is 28.7 Å². The molecule has 1 saturated heterocycles. The molecular weight excluding hydrogens is 423 g/mol. The molecule has 1 aliphatic rings. The summed E-state index contributed by atoms with van der Waals surface area (Å²) in [5.74, 6) is -1.91. The summed E-state index contributed by atoms with van der Waals surface area (Å²) in [6.07, 6.45) is 0.837. The van der Waals surface area contributed by atoms with Crippen molar-refractivity contribution >= 4 is 17.4 Å². The Bertz CT molecular complexity index is 1020. The number of ether oxygens (including phenoxy) is 1. The number of Topliss-reactive ketones (excluding diaryl/α,β-unsaturated/α-hetero) is 1. The first-order valence-electron chi connectivity index (χ1n) is 11.5. The molecule has 1 aliphatic heterocycles. The molecule has 33 heavy (non-hydrogen) atoms. The Morgan fingerprint density at radius 1 is 1.09 bits per heavy atom. The van der Waals surface area contributed by atoms with Gasteiger partial charge in [-0.25, -0.2) is 4.39 Å². The van der Waals surface area contributed by atoms with E-state index in [2.05, 4.69) is 13.8 Å². The summed E-state index contributed by atoms with van der Waals surface area (Å²) >= 11 is 0. The molecule has 0 bridgehead atoms. The number of nitrogens with one attached hydrogen (secondary N) is 1. The van der Waals surface area contributed by atoms with Crippen molar-refractivity contribution in [1.82, 2.24) is 4.90 Å². The number of nitrogens with zero attached hydrogens (tertiary/aromatic N) is 1. The number of hydrogen-bond donors (Lipinski definition) is 1. The molecule has 6 nitrogen and oxygen atoms in total. The molecule has 0 aromatic heterocycles. The summed E-state index contributed by atoms with van der Waals surface area (Å²) in [6.45, 7) is 9.45. The van der Waals surface area contributed by atoms with Crippen LogP contribution in [0.5, 0.6) is 5.75 Å². The van der Waals surface area contributed by atoms with Crippen LogP contribution in [0.25, 0.3) is 5.76 Å². The van der Waals surface area contributed by atoms with Crippen molar-refractivity contribution in [2.45, 2.75) is 33.2 Å². The molecule has 1 fully saturated rings. The first-order chi connectivity index (χ1) is 15.9. The summed E-state index contributed by atoms with van der Waals surface area (Å²) in [4.78, 5) is 28.9. The van der Waals surface area contributed by atoms with E-state index in [4.69, 9.17) is 4.74 Å². The lowest BCUT2D eigenvalue weighted by molar-refractivity contribution is -0.895. The van der Waals surface area contributed by atoms with Crippen LogP contribution in [0.1, 0.15) is 44.4 Å². The lowest BCUT2D eigenvalue weighted by atomic mass is 9.95. The van der Waals surface area contributed by atoms with E-state index in [9.17, 15) is 19.1 Å². The van der Waals surface area contributed by atoms with Gasteiger partial charge in [-0.2, -0.15) is 0 Å². The number of amides is 1. The van der Waals surface area contributed by atoms with Gasteiger partial charge in [-0.1, -0.05) is 36.9 Å². The number of likely N-dealkylation sites (tertiary alicyclic amines) is 1. The Morgan fingerprint density at radius 3 is 2.42 bits per heavy atom. The average molecular weight is 455 g/mol. The molecule has 3 rings (SSSR count). The zero-order chi connectivity index (χ0) is 24.0. The maximum absolute atomic E-state index is 13.4. The van der Waals surface area contributed by atoms with E-state index in [1.807, 2.05) is 13.0 Å². The first kappa shape index (κ1) is 24.5. The van der Waals surface area contributed by atoms with Crippen molar-refractivity contribution in [3.8, 4) is 5.75 Å². The van der Waals surface area contributed by atoms with Crippen molar-refractivity contribution in [3.63, 3.8) is 0 Å². The molecule has 2 aromatic carbocycles. The lowest BCUT2D eigenvalue weighted by Crippen LogP contribution is -3.12. The Balaban J connectivity index is 2.08. The SMILES string of the molecule is CCCOc1cccc(C2/C(=C(\[O-])c3ccc(F)cc3)C(=O)C(=O)N2CC[NH+](CC)CC)c1. The molecule has 1 N–H and O–H groups in total. The largest absolute Gasteiger partial charge is 0.872 e. The third kappa shape index (κ3) is 5.42. The van der Waals surface area contributed by atoms with Crippen molar-refractivity contribution in [2.24, 2.45) is 0 Å². The molecule has 0 aliphatic carbocycles. The fourth-order valence-corrected chi connectivity index (χ4v) is 4.08. The third-order valence-corrected chi connectivity index (χ3v) is 5.99. The molecule has 1 unspecified atom stereocenters. The Kier molecular flexibility index (Phi) is 8.22. The summed E-state index contributed by atoms with van der Waals surface area (Å²) in [5.41, 5.74) is 0.712. The number of hydrogen-bond acceptors (Lipinski definition) is 4. The van der Waals surface area contributed by atoms with Crippen molar-refractivity contribution in [1.29, 1.82) is 0 Å². The number of benzene rings is 2. The highest BCUT2D eigenvalue weighted by atomic mass is 19.1. The van der Waals surface area contributed by atoms with E-state index in [0.29, 0.717) is 31.0 Å².